The molecule has 4 aromatic rings. The molecule has 0 spiro atoms. The molecule has 0 saturated carbocycles. The first-order valence-electron chi connectivity index (χ1n) is 8.92. The predicted molar refractivity (Wildman–Crippen MR) is 103 cm³/mol. The van der Waals surface area contributed by atoms with Crippen LogP contribution >= 0.6 is 0 Å². The maximum absolute atomic E-state index is 13.0. The van der Waals surface area contributed by atoms with Gasteiger partial charge < -0.3 is 13.6 Å². The summed E-state index contributed by atoms with van der Waals surface area (Å²) in [5, 5.41) is 4.57. The molecule has 0 fully saturated rings. The molecule has 0 aliphatic rings. The number of nitrogens with zero attached hydrogens (tertiary/aromatic N) is 2. The molecule has 0 amide bonds. The van der Waals surface area contributed by atoms with Gasteiger partial charge in [0.25, 0.3) is 0 Å². The van der Waals surface area contributed by atoms with Crippen LogP contribution in [0.4, 0.5) is 4.39 Å². The molecule has 8 nitrogen and oxygen atoms in total. The maximum Gasteiger partial charge on any atom is 0.437 e. The van der Waals surface area contributed by atoms with Crippen LogP contribution in [0, 0.1) is 12.7 Å². The molecule has 0 N–H and O–H groups in total. The van der Waals surface area contributed by atoms with Gasteiger partial charge in [-0.25, -0.2) is 14.0 Å². The number of hydrogen-bond acceptors (Lipinski definition) is 7. The zero-order chi connectivity index (χ0) is 21.3. The second kappa shape index (κ2) is 7.78. The zero-order valence-electron chi connectivity index (χ0n) is 15.8. The smallest absolute Gasteiger partial charge is 0.437 e. The lowest BCUT2D eigenvalue weighted by Crippen LogP contribution is -2.23. The van der Waals surface area contributed by atoms with Crippen molar-refractivity contribution < 1.29 is 22.8 Å². The van der Waals surface area contributed by atoms with Gasteiger partial charge >= 0.3 is 17.4 Å². The number of aromatic nitrogens is 2. The number of halogens is 1. The van der Waals surface area contributed by atoms with Gasteiger partial charge in [0.1, 0.15) is 24.6 Å². The molecule has 0 saturated heterocycles. The van der Waals surface area contributed by atoms with Crippen LogP contribution < -0.4 is 11.4 Å². The molecule has 4 rings (SSSR count). The molecule has 0 radical (unpaired) electrons. The Morgan fingerprint density at radius 1 is 1.10 bits per heavy atom. The lowest BCUT2D eigenvalue weighted by Gasteiger charge is -2.07. The minimum absolute atomic E-state index is 0.0465. The Kier molecular flexibility index (Phi) is 5.01. The first-order valence-corrected chi connectivity index (χ1v) is 8.92. The van der Waals surface area contributed by atoms with Gasteiger partial charge in [0.2, 0.25) is 5.89 Å². The monoisotopic (exact) mass is 410 g/mol. The van der Waals surface area contributed by atoms with Crippen molar-refractivity contribution in [2.24, 2.45) is 0 Å². The lowest BCUT2D eigenvalue weighted by molar-refractivity contribution is -0.146. The number of aryl methyl sites for hydroxylation is 1. The summed E-state index contributed by atoms with van der Waals surface area (Å²) in [6, 6.07) is 11.8. The third kappa shape index (κ3) is 4.04. The fourth-order valence-corrected chi connectivity index (χ4v) is 2.90. The number of carbonyl (C=O) groups is 1. The highest BCUT2D eigenvalue weighted by molar-refractivity contribution is 5.81. The standard InChI is InChI=1S/C21H15FN2O6/c1-12-2-7-16-14(9-18(25)29-17(16)8-12)11-28-19(26)10-24-21(27)30-20(23-24)13-3-5-15(22)6-4-13/h2-9H,10-11H2,1H3. The third-order valence-electron chi connectivity index (χ3n) is 4.35. The summed E-state index contributed by atoms with van der Waals surface area (Å²) in [7, 11) is 0. The summed E-state index contributed by atoms with van der Waals surface area (Å²) in [6.45, 7) is 1.20. The molecule has 0 atom stereocenters. The number of carbonyl (C=O) groups excluding carboxylic acids is 1. The van der Waals surface area contributed by atoms with Crippen molar-refractivity contribution in [2.75, 3.05) is 0 Å². The lowest BCUT2D eigenvalue weighted by atomic mass is 10.1. The average Bonchev–Trinajstić information content (AvgIpc) is 3.06. The summed E-state index contributed by atoms with van der Waals surface area (Å²) in [6.07, 6.45) is 0. The maximum atomic E-state index is 13.0. The van der Waals surface area contributed by atoms with Crippen molar-refractivity contribution in [3.05, 3.63) is 86.4 Å². The van der Waals surface area contributed by atoms with Gasteiger partial charge in [-0.05, 0) is 42.8 Å². The summed E-state index contributed by atoms with van der Waals surface area (Å²) in [5.41, 5.74) is 1.62. The van der Waals surface area contributed by atoms with E-state index in [1.807, 2.05) is 13.0 Å². The summed E-state index contributed by atoms with van der Waals surface area (Å²) in [4.78, 5) is 35.9. The highest BCUT2D eigenvalue weighted by atomic mass is 19.1. The summed E-state index contributed by atoms with van der Waals surface area (Å²) >= 11 is 0. The topological polar surface area (TPSA) is 105 Å². The molecule has 0 unspecified atom stereocenters. The van der Waals surface area contributed by atoms with E-state index in [9.17, 15) is 18.8 Å². The van der Waals surface area contributed by atoms with E-state index in [0.717, 1.165) is 10.2 Å². The number of hydrogen-bond donors (Lipinski definition) is 0. The molecule has 30 heavy (non-hydrogen) atoms. The SMILES string of the molecule is Cc1ccc2c(COC(=O)Cn3nc(-c4ccc(F)cc4)oc3=O)cc(=O)oc2c1. The minimum atomic E-state index is -0.854. The molecular weight excluding hydrogens is 395 g/mol. The van der Waals surface area contributed by atoms with Crippen molar-refractivity contribution in [3.63, 3.8) is 0 Å². The Morgan fingerprint density at radius 3 is 2.63 bits per heavy atom. The van der Waals surface area contributed by atoms with Gasteiger partial charge in [0.15, 0.2) is 0 Å². The Balaban J connectivity index is 1.48. The van der Waals surface area contributed by atoms with Crippen molar-refractivity contribution >= 4 is 16.9 Å². The van der Waals surface area contributed by atoms with Crippen LogP contribution in [0.15, 0.2) is 67.0 Å². The van der Waals surface area contributed by atoms with E-state index in [-0.39, 0.29) is 12.5 Å². The van der Waals surface area contributed by atoms with Crippen molar-refractivity contribution in [1.29, 1.82) is 0 Å². The molecule has 9 heteroatoms. The molecule has 2 heterocycles. The normalized spacial score (nSPS) is 11.0. The van der Waals surface area contributed by atoms with Gasteiger partial charge in [-0.3, -0.25) is 4.79 Å². The van der Waals surface area contributed by atoms with Crippen molar-refractivity contribution in [3.8, 4) is 11.5 Å². The molecule has 0 bridgehead atoms. The van der Waals surface area contributed by atoms with Crippen LogP contribution in [0.25, 0.3) is 22.4 Å². The molecule has 152 valence electrons. The zero-order valence-corrected chi connectivity index (χ0v) is 15.8. The minimum Gasteiger partial charge on any atom is -0.459 e. The summed E-state index contributed by atoms with van der Waals surface area (Å²) in [5.74, 6) is -2.09. The average molecular weight is 410 g/mol. The molecule has 0 aliphatic carbocycles. The van der Waals surface area contributed by atoms with Crippen molar-refractivity contribution in [2.45, 2.75) is 20.1 Å². The van der Waals surface area contributed by atoms with E-state index in [2.05, 4.69) is 5.10 Å². The van der Waals surface area contributed by atoms with E-state index in [1.54, 1.807) is 12.1 Å². The second-order valence-corrected chi connectivity index (χ2v) is 6.59. The van der Waals surface area contributed by atoms with Crippen LogP contribution in [-0.2, 0) is 22.7 Å². The Hall–Kier alpha value is -4.01. The van der Waals surface area contributed by atoms with Gasteiger partial charge in [0, 0.05) is 22.6 Å². The quantitative estimate of drug-likeness (QED) is 0.368. The Morgan fingerprint density at radius 2 is 1.87 bits per heavy atom. The molecule has 0 aliphatic heterocycles. The van der Waals surface area contributed by atoms with E-state index in [4.69, 9.17) is 13.6 Å². The van der Waals surface area contributed by atoms with E-state index in [0.29, 0.717) is 22.1 Å². The van der Waals surface area contributed by atoms with Gasteiger partial charge in [0.05, 0.1) is 0 Å². The number of benzene rings is 2. The van der Waals surface area contributed by atoms with E-state index in [1.165, 1.54) is 30.3 Å². The Bertz CT molecular complexity index is 1350. The Labute approximate surface area is 168 Å². The fraction of sp³-hybridized carbons (Fsp3) is 0.143. The second-order valence-electron chi connectivity index (χ2n) is 6.59. The number of fused-ring (bicyclic) bond motifs is 1. The van der Waals surface area contributed by atoms with E-state index >= 15 is 0 Å². The molecule has 2 aromatic carbocycles. The fourth-order valence-electron chi connectivity index (χ4n) is 2.90. The van der Waals surface area contributed by atoms with Crippen LogP contribution in [-0.4, -0.2) is 15.7 Å². The number of esters is 1. The van der Waals surface area contributed by atoms with Crippen LogP contribution in [0.2, 0.25) is 0 Å². The number of ether oxygens (including phenoxy) is 1. The first kappa shape index (κ1) is 19.3. The van der Waals surface area contributed by atoms with Gasteiger partial charge in [-0.15, -0.1) is 5.10 Å². The first-order chi connectivity index (χ1) is 14.4. The van der Waals surface area contributed by atoms with Crippen molar-refractivity contribution in [1.82, 2.24) is 9.78 Å². The highest BCUT2D eigenvalue weighted by Crippen LogP contribution is 2.19. The van der Waals surface area contributed by atoms with Gasteiger partial charge in [-0.1, -0.05) is 12.1 Å². The summed E-state index contributed by atoms with van der Waals surface area (Å²) < 4.78 is 29.2. The van der Waals surface area contributed by atoms with E-state index < -0.39 is 29.7 Å². The predicted octanol–water partition coefficient (Wildman–Crippen LogP) is 2.80. The number of rotatable bonds is 5. The van der Waals surface area contributed by atoms with Crippen LogP contribution in [0.5, 0.6) is 0 Å². The third-order valence-corrected chi connectivity index (χ3v) is 4.35. The van der Waals surface area contributed by atoms with Crippen LogP contribution in [0.3, 0.4) is 0 Å². The largest absolute Gasteiger partial charge is 0.459 e. The molecular formula is C21H15FN2O6. The van der Waals surface area contributed by atoms with Crippen LogP contribution in [0.1, 0.15) is 11.1 Å². The van der Waals surface area contributed by atoms with Gasteiger partial charge in [-0.2, -0.15) is 4.68 Å². The molecule has 2 aromatic heterocycles. The highest BCUT2D eigenvalue weighted by Gasteiger charge is 2.15.